The largest absolute Gasteiger partial charge is 0.378 e. The lowest BCUT2D eigenvalue weighted by Crippen LogP contribution is -2.34. The van der Waals surface area contributed by atoms with Crippen LogP contribution < -0.4 is 10.6 Å². The molecule has 2 atom stereocenters. The molecule has 0 aromatic carbocycles. The average Bonchev–Trinajstić information content (AvgIpc) is 2.94. The van der Waals surface area contributed by atoms with Gasteiger partial charge in [-0.2, -0.15) is 5.10 Å². The highest BCUT2D eigenvalue weighted by molar-refractivity contribution is 5.68. The van der Waals surface area contributed by atoms with Gasteiger partial charge in [0.2, 0.25) is 0 Å². The van der Waals surface area contributed by atoms with Crippen LogP contribution in [0.5, 0.6) is 0 Å². The predicted molar refractivity (Wildman–Crippen MR) is 68.8 cm³/mol. The molecule has 0 radical (unpaired) electrons. The molecule has 2 N–H and O–H groups in total. The third kappa shape index (κ3) is 1.93. The molecule has 3 rings (SSSR count). The van der Waals surface area contributed by atoms with Crippen LogP contribution in [0.2, 0.25) is 0 Å². The predicted octanol–water partition coefficient (Wildman–Crippen LogP) is 0.436. The molecule has 6 heteroatoms. The zero-order valence-corrected chi connectivity index (χ0v) is 10.6. The summed E-state index contributed by atoms with van der Waals surface area (Å²) in [5, 5.41) is 11.1. The summed E-state index contributed by atoms with van der Waals surface area (Å²) in [5.41, 5.74) is 1.98. The van der Waals surface area contributed by atoms with E-state index in [1.54, 1.807) is 13.3 Å². The van der Waals surface area contributed by atoms with Crippen LogP contribution in [0.3, 0.4) is 0 Å². The molecule has 0 spiro atoms. The Labute approximate surface area is 105 Å². The Balaban J connectivity index is 1.90. The van der Waals surface area contributed by atoms with E-state index < -0.39 is 0 Å². The molecule has 1 aliphatic heterocycles. The van der Waals surface area contributed by atoms with E-state index in [-0.39, 0.29) is 12.1 Å². The van der Waals surface area contributed by atoms with Crippen molar-refractivity contribution in [2.45, 2.75) is 19.1 Å². The number of anilines is 1. The molecule has 0 aliphatic carbocycles. The maximum absolute atomic E-state index is 5.44. The fraction of sp³-hybridized carbons (Fsp3) is 0.500. The molecular weight excluding hydrogens is 230 g/mol. The smallest absolute Gasteiger partial charge is 0.152 e. The Hall–Kier alpha value is -1.66. The first-order valence-corrected chi connectivity index (χ1v) is 6.09. The lowest BCUT2D eigenvalue weighted by molar-refractivity contribution is 0.111. The minimum atomic E-state index is 0.177. The molecule has 1 fully saturated rings. The van der Waals surface area contributed by atoms with Gasteiger partial charge in [0.05, 0.1) is 17.8 Å². The second-order valence-corrected chi connectivity index (χ2v) is 4.57. The van der Waals surface area contributed by atoms with Gasteiger partial charge in [-0.05, 0) is 13.0 Å². The van der Waals surface area contributed by atoms with Crippen molar-refractivity contribution in [2.75, 3.05) is 25.5 Å². The van der Waals surface area contributed by atoms with E-state index in [0.717, 1.165) is 30.1 Å². The Morgan fingerprint density at radius 2 is 2.39 bits per heavy atom. The second kappa shape index (κ2) is 4.55. The van der Waals surface area contributed by atoms with Gasteiger partial charge < -0.3 is 15.4 Å². The van der Waals surface area contributed by atoms with Gasteiger partial charge in [-0.3, -0.25) is 0 Å². The molecule has 96 valence electrons. The fourth-order valence-electron chi connectivity index (χ4n) is 2.38. The minimum absolute atomic E-state index is 0.177. The van der Waals surface area contributed by atoms with Crippen molar-refractivity contribution in [3.63, 3.8) is 0 Å². The van der Waals surface area contributed by atoms with Crippen LogP contribution in [0.4, 0.5) is 5.82 Å². The monoisotopic (exact) mass is 247 g/mol. The molecule has 2 aromatic heterocycles. The SMILES string of the molecule is CO[C@H]1CNCC1Nc1nccn2nc(C)cc12. The Morgan fingerprint density at radius 3 is 3.22 bits per heavy atom. The van der Waals surface area contributed by atoms with E-state index in [0.29, 0.717) is 0 Å². The second-order valence-electron chi connectivity index (χ2n) is 4.57. The van der Waals surface area contributed by atoms with Gasteiger partial charge in [-0.15, -0.1) is 0 Å². The van der Waals surface area contributed by atoms with E-state index in [2.05, 4.69) is 20.7 Å². The quantitative estimate of drug-likeness (QED) is 0.824. The van der Waals surface area contributed by atoms with Crippen molar-refractivity contribution in [3.8, 4) is 0 Å². The van der Waals surface area contributed by atoms with E-state index in [9.17, 15) is 0 Å². The number of nitrogens with zero attached hydrogens (tertiary/aromatic N) is 3. The summed E-state index contributed by atoms with van der Waals surface area (Å²) in [6.45, 7) is 3.73. The van der Waals surface area contributed by atoms with Crippen LogP contribution in [0.1, 0.15) is 5.69 Å². The lowest BCUT2D eigenvalue weighted by atomic mass is 10.2. The molecule has 1 unspecified atom stereocenters. The van der Waals surface area contributed by atoms with Gasteiger partial charge in [0.15, 0.2) is 5.82 Å². The molecule has 18 heavy (non-hydrogen) atoms. The number of nitrogens with one attached hydrogen (secondary N) is 2. The molecular formula is C12H17N5O. The van der Waals surface area contributed by atoms with Crippen molar-refractivity contribution < 1.29 is 4.74 Å². The number of rotatable bonds is 3. The van der Waals surface area contributed by atoms with Gasteiger partial charge in [-0.25, -0.2) is 9.50 Å². The number of hydrogen-bond acceptors (Lipinski definition) is 5. The van der Waals surface area contributed by atoms with Crippen LogP contribution in [0.25, 0.3) is 5.52 Å². The normalized spacial score (nSPS) is 23.7. The van der Waals surface area contributed by atoms with Gasteiger partial charge in [0, 0.05) is 32.6 Å². The van der Waals surface area contributed by atoms with Crippen molar-refractivity contribution >= 4 is 11.3 Å². The Kier molecular flexibility index (Phi) is 2.89. The summed E-state index contributed by atoms with van der Waals surface area (Å²) in [6.07, 6.45) is 3.79. The zero-order chi connectivity index (χ0) is 12.5. The van der Waals surface area contributed by atoms with Crippen molar-refractivity contribution in [1.82, 2.24) is 19.9 Å². The Bertz CT molecular complexity index is 552. The molecule has 2 aromatic rings. The molecule has 0 amide bonds. The molecule has 0 saturated carbocycles. The van der Waals surface area contributed by atoms with Gasteiger partial charge in [0.1, 0.15) is 5.52 Å². The number of aromatic nitrogens is 3. The van der Waals surface area contributed by atoms with Crippen LogP contribution >= 0.6 is 0 Å². The zero-order valence-electron chi connectivity index (χ0n) is 10.6. The van der Waals surface area contributed by atoms with E-state index in [1.807, 2.05) is 23.7 Å². The highest BCUT2D eigenvalue weighted by Gasteiger charge is 2.27. The topological polar surface area (TPSA) is 63.5 Å². The van der Waals surface area contributed by atoms with E-state index >= 15 is 0 Å². The van der Waals surface area contributed by atoms with Crippen LogP contribution in [0.15, 0.2) is 18.5 Å². The highest BCUT2D eigenvalue weighted by atomic mass is 16.5. The first kappa shape index (κ1) is 11.4. The maximum atomic E-state index is 5.44. The van der Waals surface area contributed by atoms with Crippen molar-refractivity contribution in [1.29, 1.82) is 0 Å². The van der Waals surface area contributed by atoms with Gasteiger partial charge in [-0.1, -0.05) is 0 Å². The summed E-state index contributed by atoms with van der Waals surface area (Å²) >= 11 is 0. The third-order valence-corrected chi connectivity index (χ3v) is 3.30. The lowest BCUT2D eigenvalue weighted by Gasteiger charge is -2.19. The van der Waals surface area contributed by atoms with Crippen molar-refractivity contribution in [3.05, 3.63) is 24.2 Å². The van der Waals surface area contributed by atoms with Crippen LogP contribution in [-0.2, 0) is 4.74 Å². The number of fused-ring (bicyclic) bond motifs is 1. The number of methoxy groups -OCH3 is 1. The van der Waals surface area contributed by atoms with Gasteiger partial charge in [0.25, 0.3) is 0 Å². The minimum Gasteiger partial charge on any atom is -0.378 e. The van der Waals surface area contributed by atoms with Gasteiger partial charge >= 0.3 is 0 Å². The van der Waals surface area contributed by atoms with Crippen LogP contribution in [0, 0.1) is 6.92 Å². The number of aryl methyl sites for hydroxylation is 1. The number of ether oxygens (including phenoxy) is 1. The molecule has 1 saturated heterocycles. The highest BCUT2D eigenvalue weighted by Crippen LogP contribution is 2.18. The molecule has 1 aliphatic rings. The maximum Gasteiger partial charge on any atom is 0.152 e. The third-order valence-electron chi connectivity index (χ3n) is 3.30. The van der Waals surface area contributed by atoms with E-state index in [1.165, 1.54) is 0 Å². The summed E-state index contributed by atoms with van der Waals surface area (Å²) in [4.78, 5) is 4.40. The average molecular weight is 247 g/mol. The van der Waals surface area contributed by atoms with Crippen LogP contribution in [-0.4, -0.2) is 46.9 Å². The van der Waals surface area contributed by atoms with Crippen molar-refractivity contribution in [2.24, 2.45) is 0 Å². The summed E-state index contributed by atoms with van der Waals surface area (Å²) in [7, 11) is 1.74. The first-order valence-electron chi connectivity index (χ1n) is 6.09. The summed E-state index contributed by atoms with van der Waals surface area (Å²) in [6, 6.07) is 2.27. The summed E-state index contributed by atoms with van der Waals surface area (Å²) < 4.78 is 7.28. The molecule has 0 bridgehead atoms. The summed E-state index contributed by atoms with van der Waals surface area (Å²) in [5.74, 6) is 0.855. The Morgan fingerprint density at radius 1 is 1.50 bits per heavy atom. The molecule has 6 nitrogen and oxygen atoms in total. The fourth-order valence-corrected chi connectivity index (χ4v) is 2.38. The number of hydrogen-bond donors (Lipinski definition) is 2. The molecule has 3 heterocycles. The standard InChI is InChI=1S/C12H17N5O/c1-8-5-10-12(14-3-4-17(10)16-8)15-9-6-13-7-11(9)18-2/h3-5,9,11,13H,6-7H2,1-2H3,(H,14,15)/t9?,11-/m0/s1. The first-order chi connectivity index (χ1) is 8.78. The van der Waals surface area contributed by atoms with E-state index in [4.69, 9.17) is 4.74 Å².